The minimum atomic E-state index is 0.509. The molecule has 1 aromatic carbocycles. The van der Waals surface area contributed by atoms with Gasteiger partial charge in [-0.1, -0.05) is 18.2 Å². The summed E-state index contributed by atoms with van der Waals surface area (Å²) in [7, 11) is 1.68. The van der Waals surface area contributed by atoms with Crippen LogP contribution in [0.5, 0.6) is 5.75 Å². The molecule has 0 spiro atoms. The van der Waals surface area contributed by atoms with Gasteiger partial charge >= 0.3 is 0 Å². The van der Waals surface area contributed by atoms with E-state index in [1.807, 2.05) is 18.2 Å². The van der Waals surface area contributed by atoms with Crippen molar-refractivity contribution in [3.8, 4) is 5.75 Å². The second kappa shape index (κ2) is 8.32. The molecule has 0 aliphatic heterocycles. The first-order chi connectivity index (χ1) is 10.3. The van der Waals surface area contributed by atoms with E-state index in [0.717, 1.165) is 31.7 Å². The van der Waals surface area contributed by atoms with Gasteiger partial charge in [-0.25, -0.2) is 0 Å². The van der Waals surface area contributed by atoms with Crippen LogP contribution in [0.3, 0.4) is 0 Å². The fourth-order valence-electron chi connectivity index (χ4n) is 1.96. The molecule has 0 radical (unpaired) electrons. The summed E-state index contributed by atoms with van der Waals surface area (Å²) in [5.41, 5.74) is 7.07. The third kappa shape index (κ3) is 5.47. The van der Waals surface area contributed by atoms with Crippen molar-refractivity contribution < 1.29 is 4.74 Å². The fraction of sp³-hybridized carbons (Fsp3) is 0.312. The number of methoxy groups -OCH3 is 1. The average molecular weight is 303 g/mol. The van der Waals surface area contributed by atoms with Crippen LogP contribution in [-0.2, 0) is 12.8 Å². The first kappa shape index (κ1) is 15.4. The number of aliphatic imine (C=N–C) groups is 1. The molecule has 1 heterocycles. The summed E-state index contributed by atoms with van der Waals surface area (Å²) < 4.78 is 5.20. The highest BCUT2D eigenvalue weighted by Crippen LogP contribution is 2.12. The molecule has 0 bridgehead atoms. The second-order valence-corrected chi connectivity index (χ2v) is 5.66. The van der Waals surface area contributed by atoms with Crippen LogP contribution in [0, 0.1) is 0 Å². The monoisotopic (exact) mass is 303 g/mol. The highest BCUT2D eigenvalue weighted by Gasteiger charge is 1.97. The molecule has 0 aliphatic carbocycles. The number of hydrogen-bond donors (Lipinski definition) is 2. The molecular weight excluding hydrogens is 282 g/mol. The number of nitrogens with two attached hydrogens (primary N) is 1. The number of thiophene rings is 1. The molecule has 1 aromatic heterocycles. The van der Waals surface area contributed by atoms with E-state index < -0.39 is 0 Å². The van der Waals surface area contributed by atoms with E-state index in [9.17, 15) is 0 Å². The molecule has 0 aliphatic rings. The second-order valence-electron chi connectivity index (χ2n) is 4.62. The molecular formula is C16H21N3OS. The highest BCUT2D eigenvalue weighted by molar-refractivity contribution is 7.09. The maximum absolute atomic E-state index is 5.85. The van der Waals surface area contributed by atoms with E-state index in [0.29, 0.717) is 5.96 Å². The largest absolute Gasteiger partial charge is 0.497 e. The summed E-state index contributed by atoms with van der Waals surface area (Å²) >= 11 is 1.75. The van der Waals surface area contributed by atoms with Crippen molar-refractivity contribution in [1.82, 2.24) is 5.32 Å². The van der Waals surface area contributed by atoms with E-state index in [1.54, 1.807) is 18.4 Å². The molecule has 4 nitrogen and oxygen atoms in total. The van der Waals surface area contributed by atoms with Crippen molar-refractivity contribution in [1.29, 1.82) is 0 Å². The van der Waals surface area contributed by atoms with Crippen molar-refractivity contribution in [2.45, 2.75) is 12.8 Å². The Morgan fingerprint density at radius 3 is 2.95 bits per heavy atom. The minimum absolute atomic E-state index is 0.509. The molecule has 21 heavy (non-hydrogen) atoms. The molecule has 5 heteroatoms. The maximum Gasteiger partial charge on any atom is 0.188 e. The van der Waals surface area contributed by atoms with Crippen molar-refractivity contribution in [3.63, 3.8) is 0 Å². The van der Waals surface area contributed by atoms with Gasteiger partial charge in [0.25, 0.3) is 0 Å². The van der Waals surface area contributed by atoms with E-state index in [2.05, 4.69) is 33.9 Å². The summed E-state index contributed by atoms with van der Waals surface area (Å²) in [5, 5.41) is 5.22. The molecule has 0 fully saturated rings. The summed E-state index contributed by atoms with van der Waals surface area (Å²) in [4.78, 5) is 5.67. The Kier molecular flexibility index (Phi) is 6.09. The molecule has 2 aromatic rings. The molecule has 0 saturated carbocycles. The Morgan fingerprint density at radius 1 is 1.29 bits per heavy atom. The van der Waals surface area contributed by atoms with E-state index in [4.69, 9.17) is 10.5 Å². The van der Waals surface area contributed by atoms with Gasteiger partial charge in [-0.15, -0.1) is 11.3 Å². The molecule has 0 saturated heterocycles. The third-order valence-electron chi connectivity index (χ3n) is 3.07. The summed E-state index contributed by atoms with van der Waals surface area (Å²) in [6, 6.07) is 12.2. The lowest BCUT2D eigenvalue weighted by Gasteiger charge is -2.07. The van der Waals surface area contributed by atoms with Gasteiger partial charge in [0.15, 0.2) is 5.96 Å². The third-order valence-corrected chi connectivity index (χ3v) is 4.01. The van der Waals surface area contributed by atoms with Crippen molar-refractivity contribution >= 4 is 17.3 Å². The van der Waals surface area contributed by atoms with Crippen LogP contribution in [-0.4, -0.2) is 26.2 Å². The molecule has 2 rings (SSSR count). The van der Waals surface area contributed by atoms with Crippen LogP contribution in [0.1, 0.15) is 10.4 Å². The molecule has 0 amide bonds. The molecule has 3 N–H and O–H groups in total. The minimum Gasteiger partial charge on any atom is -0.497 e. The average Bonchev–Trinajstić information content (AvgIpc) is 3.01. The van der Waals surface area contributed by atoms with Gasteiger partial charge in [-0.2, -0.15) is 0 Å². The first-order valence-electron chi connectivity index (χ1n) is 6.97. The lowest BCUT2D eigenvalue weighted by molar-refractivity contribution is 0.414. The molecule has 0 atom stereocenters. The number of ether oxygens (including phenoxy) is 1. The van der Waals surface area contributed by atoms with Crippen molar-refractivity contribution in [2.75, 3.05) is 20.2 Å². The number of nitrogens with zero attached hydrogens (tertiary/aromatic N) is 1. The van der Waals surface area contributed by atoms with E-state index in [1.165, 1.54) is 10.4 Å². The first-order valence-corrected chi connectivity index (χ1v) is 7.85. The Bertz CT molecular complexity index is 567. The molecule has 112 valence electrons. The number of guanidine groups is 1. The van der Waals surface area contributed by atoms with Gasteiger partial charge in [0.2, 0.25) is 0 Å². The highest BCUT2D eigenvalue weighted by atomic mass is 32.1. The summed E-state index contributed by atoms with van der Waals surface area (Å²) in [6.07, 6.45) is 1.83. The Hall–Kier alpha value is -2.01. The zero-order valence-electron chi connectivity index (χ0n) is 12.2. The predicted molar refractivity (Wildman–Crippen MR) is 89.2 cm³/mol. The lowest BCUT2D eigenvalue weighted by atomic mass is 10.1. The van der Waals surface area contributed by atoms with Gasteiger partial charge in [0, 0.05) is 24.4 Å². The lowest BCUT2D eigenvalue weighted by Crippen LogP contribution is -2.33. The standard InChI is InChI=1S/C16H21N3OS/c1-20-14-5-2-4-13(12-14)7-9-18-16(17)19-10-8-15-6-3-11-21-15/h2-6,11-12H,7-10H2,1H3,(H3,17,18,19). The Morgan fingerprint density at radius 2 is 2.19 bits per heavy atom. The van der Waals surface area contributed by atoms with Crippen LogP contribution < -0.4 is 15.8 Å². The van der Waals surface area contributed by atoms with Gasteiger partial charge in [0.05, 0.1) is 7.11 Å². The van der Waals surface area contributed by atoms with Gasteiger partial charge in [0.1, 0.15) is 5.75 Å². The van der Waals surface area contributed by atoms with Gasteiger partial charge in [-0.05, 0) is 35.6 Å². The summed E-state index contributed by atoms with van der Waals surface area (Å²) in [6.45, 7) is 1.49. The van der Waals surface area contributed by atoms with Crippen LogP contribution in [0.15, 0.2) is 46.8 Å². The smallest absolute Gasteiger partial charge is 0.188 e. The maximum atomic E-state index is 5.85. The fourth-order valence-corrected chi connectivity index (χ4v) is 2.66. The topological polar surface area (TPSA) is 59.6 Å². The normalized spacial score (nSPS) is 11.4. The molecule has 0 unspecified atom stereocenters. The number of rotatable bonds is 7. The zero-order valence-corrected chi connectivity index (χ0v) is 13.0. The summed E-state index contributed by atoms with van der Waals surface area (Å²) in [5.74, 6) is 1.39. The van der Waals surface area contributed by atoms with Crippen LogP contribution in [0.4, 0.5) is 0 Å². The SMILES string of the molecule is COc1cccc(CCNC(N)=NCCc2cccs2)c1. The van der Waals surface area contributed by atoms with Crippen molar-refractivity contribution in [3.05, 3.63) is 52.2 Å². The zero-order chi connectivity index (χ0) is 14.9. The van der Waals surface area contributed by atoms with E-state index in [-0.39, 0.29) is 0 Å². The Labute approximate surface area is 129 Å². The van der Waals surface area contributed by atoms with E-state index >= 15 is 0 Å². The van der Waals surface area contributed by atoms with Crippen molar-refractivity contribution in [2.24, 2.45) is 10.7 Å². The van der Waals surface area contributed by atoms with Crippen LogP contribution >= 0.6 is 11.3 Å². The Balaban J connectivity index is 1.69. The van der Waals surface area contributed by atoms with Gasteiger partial charge < -0.3 is 15.8 Å². The van der Waals surface area contributed by atoms with Crippen LogP contribution in [0.25, 0.3) is 0 Å². The quantitative estimate of drug-likeness (QED) is 0.610. The number of nitrogens with one attached hydrogen (secondary N) is 1. The van der Waals surface area contributed by atoms with Gasteiger partial charge in [-0.3, -0.25) is 4.99 Å². The van der Waals surface area contributed by atoms with Crippen LogP contribution in [0.2, 0.25) is 0 Å². The predicted octanol–water partition coefficient (Wildman–Crippen LogP) is 2.45. The number of benzene rings is 1. The number of hydrogen-bond acceptors (Lipinski definition) is 3.